The van der Waals surface area contributed by atoms with Crippen molar-refractivity contribution in [3.8, 4) is 28.4 Å². The van der Waals surface area contributed by atoms with Crippen molar-refractivity contribution in [1.29, 1.82) is 0 Å². The van der Waals surface area contributed by atoms with E-state index in [1.54, 1.807) is 12.1 Å². The van der Waals surface area contributed by atoms with Crippen LogP contribution >= 0.6 is 7.37 Å². The summed E-state index contributed by atoms with van der Waals surface area (Å²) in [6, 6.07) is 20.7. The number of epoxide rings is 2. The van der Waals surface area contributed by atoms with E-state index in [4.69, 9.17) is 23.5 Å². The molecule has 3 heterocycles. The Morgan fingerprint density at radius 1 is 0.806 bits per heavy atom. The summed E-state index contributed by atoms with van der Waals surface area (Å²) >= 11 is 0. The molecule has 2 saturated heterocycles. The molecular weight excluding hydrogens is 415 g/mol. The molecule has 0 aromatic heterocycles. The molecule has 0 N–H and O–H groups in total. The molecule has 3 unspecified atom stereocenters. The third-order valence-electron chi connectivity index (χ3n) is 5.54. The van der Waals surface area contributed by atoms with Crippen LogP contribution in [0.15, 0.2) is 66.7 Å². The lowest BCUT2D eigenvalue weighted by Gasteiger charge is -2.30. The second kappa shape index (κ2) is 7.41. The number of hydrogen-bond acceptors (Lipinski definition) is 6. The molecule has 3 aliphatic heterocycles. The number of ether oxygens (including phenoxy) is 4. The summed E-state index contributed by atoms with van der Waals surface area (Å²) in [6.45, 7) is 2.25. The van der Waals surface area contributed by atoms with E-state index >= 15 is 0 Å². The van der Waals surface area contributed by atoms with Gasteiger partial charge >= 0.3 is 7.37 Å². The summed E-state index contributed by atoms with van der Waals surface area (Å²) < 4.78 is 43.2. The predicted molar refractivity (Wildman–Crippen MR) is 116 cm³/mol. The van der Waals surface area contributed by atoms with Crippen LogP contribution in [-0.4, -0.2) is 38.6 Å². The van der Waals surface area contributed by atoms with Gasteiger partial charge in [0.25, 0.3) is 0 Å². The third kappa shape index (κ3) is 3.61. The van der Waals surface area contributed by atoms with Gasteiger partial charge in [0.05, 0.1) is 23.8 Å². The lowest BCUT2D eigenvalue weighted by Crippen LogP contribution is -2.27. The fourth-order valence-corrected chi connectivity index (χ4v) is 6.15. The quantitative estimate of drug-likeness (QED) is 0.417. The highest BCUT2D eigenvalue weighted by molar-refractivity contribution is 7.75. The van der Waals surface area contributed by atoms with Gasteiger partial charge in [-0.2, -0.15) is 0 Å². The van der Waals surface area contributed by atoms with Gasteiger partial charge in [-0.1, -0.05) is 36.4 Å². The first-order valence-electron chi connectivity index (χ1n) is 10.3. The fourth-order valence-electron chi connectivity index (χ4n) is 3.73. The van der Waals surface area contributed by atoms with E-state index in [-0.39, 0.29) is 12.2 Å². The maximum Gasteiger partial charge on any atom is 0.311 e. The minimum Gasteiger partial charge on any atom is -0.491 e. The van der Waals surface area contributed by atoms with E-state index in [0.717, 1.165) is 11.1 Å². The first-order chi connectivity index (χ1) is 15.2. The molecule has 3 aliphatic rings. The lowest BCUT2D eigenvalue weighted by molar-refractivity contribution is 0.258. The van der Waals surface area contributed by atoms with Gasteiger partial charge in [-0.3, -0.25) is 4.57 Å². The van der Waals surface area contributed by atoms with E-state index in [1.807, 2.05) is 54.6 Å². The Morgan fingerprint density at radius 2 is 1.48 bits per heavy atom. The molecule has 7 heteroatoms. The monoisotopic (exact) mass is 436 g/mol. The molecule has 0 spiro atoms. The largest absolute Gasteiger partial charge is 0.491 e. The Balaban J connectivity index is 1.46. The van der Waals surface area contributed by atoms with Gasteiger partial charge in [0, 0.05) is 5.56 Å². The summed E-state index contributed by atoms with van der Waals surface area (Å²) in [5.74, 6) is 1.72. The van der Waals surface area contributed by atoms with Crippen molar-refractivity contribution in [3.05, 3.63) is 66.7 Å². The molecule has 6 nitrogen and oxygen atoms in total. The molecule has 3 aromatic carbocycles. The Morgan fingerprint density at radius 3 is 2.26 bits per heavy atom. The lowest BCUT2D eigenvalue weighted by atomic mass is 10.0. The number of hydrogen-bond donors (Lipinski definition) is 0. The van der Waals surface area contributed by atoms with Gasteiger partial charge in [-0.25, -0.2) is 0 Å². The molecule has 2 fully saturated rings. The third-order valence-corrected chi connectivity index (χ3v) is 8.00. The minimum atomic E-state index is -3.50. The zero-order chi connectivity index (χ0) is 20.8. The summed E-state index contributed by atoms with van der Waals surface area (Å²) in [5, 5.41) is 1.15. The van der Waals surface area contributed by atoms with E-state index in [0.29, 0.717) is 54.3 Å². The molecule has 3 atom stereocenters. The summed E-state index contributed by atoms with van der Waals surface area (Å²) in [5.41, 5.74) is 1.83. The van der Waals surface area contributed by atoms with Crippen LogP contribution < -0.4 is 24.6 Å². The van der Waals surface area contributed by atoms with Crippen molar-refractivity contribution in [1.82, 2.24) is 0 Å². The second-order valence-electron chi connectivity index (χ2n) is 7.82. The summed E-state index contributed by atoms with van der Waals surface area (Å²) in [4.78, 5) is 0. The van der Waals surface area contributed by atoms with Crippen molar-refractivity contribution in [3.63, 3.8) is 0 Å². The molecule has 6 rings (SSSR count). The first-order valence-corrected chi connectivity index (χ1v) is 12.0. The van der Waals surface area contributed by atoms with Gasteiger partial charge in [-0.05, 0) is 35.9 Å². The zero-order valence-corrected chi connectivity index (χ0v) is 17.6. The SMILES string of the molecule is O=P1(c2cc(OCC3CO3)ccc2OCC2CO2)Oc2ccccc2-c2ccccc21. The molecule has 0 amide bonds. The van der Waals surface area contributed by atoms with Crippen molar-refractivity contribution in [2.75, 3.05) is 26.4 Å². The van der Waals surface area contributed by atoms with Crippen LogP contribution in [0, 0.1) is 0 Å². The van der Waals surface area contributed by atoms with Crippen LogP contribution in [0.3, 0.4) is 0 Å². The molecular formula is C24H21O6P. The van der Waals surface area contributed by atoms with Crippen LogP contribution in [-0.2, 0) is 14.0 Å². The average molecular weight is 436 g/mol. The second-order valence-corrected chi connectivity index (χ2v) is 10.1. The maximum atomic E-state index is 14.6. The Hall–Kier alpha value is -2.79. The smallest absolute Gasteiger partial charge is 0.311 e. The van der Waals surface area contributed by atoms with Gasteiger partial charge in [-0.15, -0.1) is 0 Å². The van der Waals surface area contributed by atoms with E-state index in [2.05, 4.69) is 0 Å². The summed E-state index contributed by atoms with van der Waals surface area (Å²) in [7, 11) is -3.50. The molecule has 31 heavy (non-hydrogen) atoms. The predicted octanol–water partition coefficient (Wildman–Crippen LogP) is 3.53. The Bertz CT molecular complexity index is 1180. The van der Waals surface area contributed by atoms with Crippen molar-refractivity contribution < 1.29 is 28.0 Å². The number of fused-ring (bicyclic) bond motifs is 3. The average Bonchev–Trinajstić information content (AvgIpc) is 3.72. The van der Waals surface area contributed by atoms with Crippen molar-refractivity contribution in [2.24, 2.45) is 0 Å². The molecule has 0 aliphatic carbocycles. The van der Waals surface area contributed by atoms with Crippen LogP contribution in [0.4, 0.5) is 0 Å². The highest BCUT2D eigenvalue weighted by Crippen LogP contribution is 2.55. The van der Waals surface area contributed by atoms with Crippen molar-refractivity contribution >= 4 is 18.0 Å². The maximum absolute atomic E-state index is 14.6. The van der Waals surface area contributed by atoms with E-state index in [9.17, 15) is 4.57 Å². The molecule has 0 saturated carbocycles. The Labute approximate surface area is 180 Å². The van der Waals surface area contributed by atoms with Gasteiger partial charge in [0.2, 0.25) is 0 Å². The highest BCUT2D eigenvalue weighted by Gasteiger charge is 2.40. The van der Waals surface area contributed by atoms with E-state index < -0.39 is 7.37 Å². The van der Waals surface area contributed by atoms with E-state index in [1.165, 1.54) is 0 Å². The van der Waals surface area contributed by atoms with Crippen LogP contribution in [0.1, 0.15) is 0 Å². The van der Waals surface area contributed by atoms with Crippen LogP contribution in [0.5, 0.6) is 17.2 Å². The normalized spacial score (nSPS) is 25.0. The van der Waals surface area contributed by atoms with Crippen molar-refractivity contribution in [2.45, 2.75) is 12.2 Å². The van der Waals surface area contributed by atoms with Crippen LogP contribution in [0.2, 0.25) is 0 Å². The van der Waals surface area contributed by atoms with Gasteiger partial charge < -0.3 is 23.5 Å². The molecule has 0 radical (unpaired) electrons. The fraction of sp³-hybridized carbons (Fsp3) is 0.250. The number of para-hydroxylation sites is 1. The first kappa shape index (κ1) is 18.9. The molecule has 3 aromatic rings. The number of rotatable bonds is 7. The zero-order valence-electron chi connectivity index (χ0n) is 16.7. The minimum absolute atomic E-state index is 0.0806. The Kier molecular flexibility index (Phi) is 4.53. The highest BCUT2D eigenvalue weighted by atomic mass is 31.2. The topological polar surface area (TPSA) is 69.8 Å². The summed E-state index contributed by atoms with van der Waals surface area (Å²) in [6.07, 6.45) is 0.206. The standard InChI is InChI=1S/C24H21O6P/c25-31(23-8-4-2-6-20(23)19-5-1-3-7-21(19)30-31)24-11-16(26-12-17-13-27-17)9-10-22(24)29-15-18-14-28-18/h1-11,17-18H,12-15H2. The van der Waals surface area contributed by atoms with Crippen LogP contribution in [0.25, 0.3) is 11.1 Å². The molecule has 158 valence electrons. The number of benzene rings is 3. The molecule has 0 bridgehead atoms. The van der Waals surface area contributed by atoms with Gasteiger partial charge in [0.15, 0.2) is 0 Å². The van der Waals surface area contributed by atoms with Gasteiger partial charge in [0.1, 0.15) is 42.7 Å².